The fourth-order valence-electron chi connectivity index (χ4n) is 1.82. The maximum atomic E-state index is 14.0. The summed E-state index contributed by atoms with van der Waals surface area (Å²) in [7, 11) is 0. The molecule has 0 fully saturated rings. The molecule has 21 heavy (non-hydrogen) atoms. The van der Waals surface area contributed by atoms with Crippen LogP contribution in [0.4, 0.5) is 20.2 Å². The summed E-state index contributed by atoms with van der Waals surface area (Å²) in [5, 5.41) is 11.4. The highest BCUT2D eigenvalue weighted by molar-refractivity contribution is 14.1. The third kappa shape index (κ3) is 3.30. The number of hydroxylamine groups is 1. The highest BCUT2D eigenvalue weighted by Gasteiger charge is 2.19. The van der Waals surface area contributed by atoms with E-state index in [4.69, 9.17) is 5.21 Å². The lowest BCUT2D eigenvalue weighted by Gasteiger charge is -2.14. The lowest BCUT2D eigenvalue weighted by molar-refractivity contribution is 0.0707. The maximum Gasteiger partial charge on any atom is 0.276 e. The van der Waals surface area contributed by atoms with Crippen molar-refractivity contribution < 1.29 is 18.8 Å². The van der Waals surface area contributed by atoms with Crippen LogP contribution in [0.15, 0.2) is 30.3 Å². The molecule has 2 aromatic carbocycles. The number of rotatable bonds is 3. The summed E-state index contributed by atoms with van der Waals surface area (Å²) in [6.07, 6.45) is 0. The number of amides is 1. The van der Waals surface area contributed by atoms with Gasteiger partial charge in [-0.1, -0.05) is 0 Å². The molecule has 0 radical (unpaired) electrons. The molecule has 0 aliphatic rings. The standard InChI is InChI=1S/C14H11F2IN2O2/c1-7-6-8(17)2-5-11(7)18-13-9(14(20)19-21)3-4-10(15)12(13)16/h2-6,18,21H,1H3,(H,19,20). The van der Waals surface area contributed by atoms with E-state index in [1.807, 2.05) is 6.07 Å². The molecule has 4 nitrogen and oxygen atoms in total. The number of halogens is 3. The lowest BCUT2D eigenvalue weighted by atomic mass is 10.1. The Bertz CT molecular complexity index is 708. The summed E-state index contributed by atoms with van der Waals surface area (Å²) >= 11 is 2.13. The van der Waals surface area contributed by atoms with Crippen LogP contribution in [-0.2, 0) is 0 Å². The van der Waals surface area contributed by atoms with Gasteiger partial charge < -0.3 is 5.32 Å². The molecule has 0 aliphatic heterocycles. The second kappa shape index (κ2) is 6.35. The molecule has 1 amide bonds. The van der Waals surface area contributed by atoms with E-state index in [1.165, 1.54) is 5.48 Å². The number of nitrogens with one attached hydrogen (secondary N) is 2. The molecule has 110 valence electrons. The molecule has 0 heterocycles. The van der Waals surface area contributed by atoms with E-state index in [0.29, 0.717) is 5.69 Å². The van der Waals surface area contributed by atoms with Crippen molar-refractivity contribution >= 4 is 39.9 Å². The maximum absolute atomic E-state index is 14.0. The summed E-state index contributed by atoms with van der Waals surface area (Å²) in [5.41, 5.74) is 2.22. The molecule has 2 aromatic rings. The molecule has 3 N–H and O–H groups in total. The van der Waals surface area contributed by atoms with Gasteiger partial charge in [0.1, 0.15) is 0 Å². The minimum absolute atomic E-state index is 0.200. The lowest BCUT2D eigenvalue weighted by Crippen LogP contribution is -2.20. The second-order valence-electron chi connectivity index (χ2n) is 4.31. The van der Waals surface area contributed by atoms with Gasteiger partial charge in [-0.05, 0) is 65.4 Å². The van der Waals surface area contributed by atoms with Crippen molar-refractivity contribution in [3.8, 4) is 0 Å². The largest absolute Gasteiger partial charge is 0.352 e. The first-order valence-electron chi connectivity index (χ1n) is 5.89. The van der Waals surface area contributed by atoms with Crippen LogP contribution < -0.4 is 10.8 Å². The van der Waals surface area contributed by atoms with Gasteiger partial charge in [-0.3, -0.25) is 10.0 Å². The Labute approximate surface area is 133 Å². The fraction of sp³-hybridized carbons (Fsp3) is 0.0714. The average molecular weight is 404 g/mol. The van der Waals surface area contributed by atoms with Crippen molar-refractivity contribution in [2.75, 3.05) is 5.32 Å². The van der Waals surface area contributed by atoms with Crippen LogP contribution in [0.2, 0.25) is 0 Å². The highest BCUT2D eigenvalue weighted by Crippen LogP contribution is 2.28. The number of hydrogen-bond acceptors (Lipinski definition) is 3. The predicted molar refractivity (Wildman–Crippen MR) is 82.8 cm³/mol. The quantitative estimate of drug-likeness (QED) is 0.415. The number of benzene rings is 2. The molecule has 0 atom stereocenters. The second-order valence-corrected chi connectivity index (χ2v) is 5.55. The topological polar surface area (TPSA) is 61.4 Å². The van der Waals surface area contributed by atoms with Gasteiger partial charge in [-0.2, -0.15) is 0 Å². The third-order valence-corrected chi connectivity index (χ3v) is 3.56. The van der Waals surface area contributed by atoms with Crippen molar-refractivity contribution in [2.24, 2.45) is 0 Å². The summed E-state index contributed by atoms with van der Waals surface area (Å²) in [4.78, 5) is 11.5. The smallest absolute Gasteiger partial charge is 0.276 e. The highest BCUT2D eigenvalue weighted by atomic mass is 127. The van der Waals surface area contributed by atoms with Crippen molar-refractivity contribution in [1.29, 1.82) is 0 Å². The minimum Gasteiger partial charge on any atom is -0.352 e. The molecule has 0 aromatic heterocycles. The molecule has 0 bridgehead atoms. The van der Waals surface area contributed by atoms with Gasteiger partial charge in [0.25, 0.3) is 5.91 Å². The van der Waals surface area contributed by atoms with Gasteiger partial charge in [0.15, 0.2) is 11.6 Å². The summed E-state index contributed by atoms with van der Waals surface area (Å²) in [6, 6.07) is 7.26. The first kappa shape index (κ1) is 15.6. The average Bonchev–Trinajstić information content (AvgIpc) is 2.45. The van der Waals surface area contributed by atoms with E-state index in [9.17, 15) is 13.6 Å². The van der Waals surface area contributed by atoms with Crippen LogP contribution >= 0.6 is 22.6 Å². The molecule has 0 saturated carbocycles. The normalized spacial score (nSPS) is 10.3. The number of anilines is 2. The first-order valence-corrected chi connectivity index (χ1v) is 6.97. The summed E-state index contributed by atoms with van der Waals surface area (Å²) in [6.45, 7) is 1.80. The molecule has 0 spiro atoms. The molecular formula is C14H11F2IN2O2. The zero-order chi connectivity index (χ0) is 15.6. The number of carbonyl (C=O) groups excluding carboxylic acids is 1. The Morgan fingerprint density at radius 2 is 1.95 bits per heavy atom. The Balaban J connectivity index is 2.51. The monoisotopic (exact) mass is 404 g/mol. The zero-order valence-electron chi connectivity index (χ0n) is 10.9. The van der Waals surface area contributed by atoms with Crippen molar-refractivity contribution in [1.82, 2.24) is 5.48 Å². The van der Waals surface area contributed by atoms with Crippen LogP contribution in [0.3, 0.4) is 0 Å². The van der Waals surface area contributed by atoms with Crippen LogP contribution in [0.5, 0.6) is 0 Å². The van der Waals surface area contributed by atoms with E-state index in [1.54, 1.807) is 19.1 Å². The van der Waals surface area contributed by atoms with Gasteiger partial charge in [-0.15, -0.1) is 0 Å². The van der Waals surface area contributed by atoms with Crippen LogP contribution in [-0.4, -0.2) is 11.1 Å². The fourth-order valence-corrected chi connectivity index (χ4v) is 2.47. The van der Waals surface area contributed by atoms with E-state index >= 15 is 0 Å². The van der Waals surface area contributed by atoms with E-state index in [0.717, 1.165) is 21.3 Å². The summed E-state index contributed by atoms with van der Waals surface area (Å²) in [5.74, 6) is -3.20. The SMILES string of the molecule is Cc1cc(I)ccc1Nc1c(C(=O)NO)ccc(F)c1F. The zero-order valence-corrected chi connectivity index (χ0v) is 13.0. The van der Waals surface area contributed by atoms with E-state index in [-0.39, 0.29) is 11.3 Å². The first-order chi connectivity index (χ1) is 9.93. The molecule has 2 rings (SSSR count). The van der Waals surface area contributed by atoms with Gasteiger partial charge in [-0.25, -0.2) is 14.3 Å². The van der Waals surface area contributed by atoms with Crippen LogP contribution in [0.1, 0.15) is 15.9 Å². The van der Waals surface area contributed by atoms with E-state index in [2.05, 4.69) is 27.9 Å². The van der Waals surface area contributed by atoms with Crippen LogP contribution in [0, 0.1) is 22.1 Å². The predicted octanol–water partition coefficient (Wildman–Crippen LogP) is 3.74. The Morgan fingerprint density at radius 1 is 1.24 bits per heavy atom. The Kier molecular flexibility index (Phi) is 4.73. The number of hydrogen-bond donors (Lipinski definition) is 3. The van der Waals surface area contributed by atoms with Crippen molar-refractivity contribution in [3.05, 3.63) is 56.7 Å². The molecule has 0 unspecified atom stereocenters. The van der Waals surface area contributed by atoms with Crippen LogP contribution in [0.25, 0.3) is 0 Å². The van der Waals surface area contributed by atoms with Gasteiger partial charge in [0.2, 0.25) is 0 Å². The van der Waals surface area contributed by atoms with Gasteiger partial charge in [0.05, 0.1) is 11.3 Å². The molecule has 0 saturated heterocycles. The van der Waals surface area contributed by atoms with E-state index < -0.39 is 17.5 Å². The molecule has 0 aliphatic carbocycles. The minimum atomic E-state index is -1.19. The molecular weight excluding hydrogens is 393 g/mol. The van der Waals surface area contributed by atoms with Crippen molar-refractivity contribution in [3.63, 3.8) is 0 Å². The van der Waals surface area contributed by atoms with Crippen molar-refractivity contribution in [2.45, 2.75) is 6.92 Å². The summed E-state index contributed by atoms with van der Waals surface area (Å²) < 4.78 is 28.3. The molecule has 7 heteroatoms. The van der Waals surface area contributed by atoms with Gasteiger partial charge in [0, 0.05) is 9.26 Å². The Morgan fingerprint density at radius 3 is 2.57 bits per heavy atom. The Hall–Kier alpha value is -1.74. The van der Waals surface area contributed by atoms with Gasteiger partial charge >= 0.3 is 0 Å². The number of carbonyl (C=O) groups is 1. The number of aryl methyl sites for hydroxylation is 1. The third-order valence-electron chi connectivity index (χ3n) is 2.89.